The Morgan fingerprint density at radius 2 is 2.22 bits per heavy atom. The molecule has 36 heavy (non-hydrogen) atoms. The predicted molar refractivity (Wildman–Crippen MR) is 133 cm³/mol. The van der Waals surface area contributed by atoms with Crippen molar-refractivity contribution in [3.63, 3.8) is 0 Å². The molecule has 2 N–H and O–H groups in total. The second-order valence-electron chi connectivity index (χ2n) is 8.77. The molecule has 1 fully saturated rings. The van der Waals surface area contributed by atoms with E-state index in [4.69, 9.17) is 14.5 Å². The number of ether oxygens (including phenoxy) is 2. The Hall–Kier alpha value is -2.83. The van der Waals surface area contributed by atoms with Crippen molar-refractivity contribution >= 4 is 33.7 Å². The predicted octanol–water partition coefficient (Wildman–Crippen LogP) is 2.28. The van der Waals surface area contributed by atoms with Crippen molar-refractivity contribution in [2.24, 2.45) is 18.0 Å². The molecule has 3 heterocycles. The number of nitrogens with one attached hydrogen (secondary N) is 1. The first-order valence-electron chi connectivity index (χ1n) is 11.8. The number of hydrogen-bond acceptors (Lipinski definition) is 8. The van der Waals surface area contributed by atoms with Gasteiger partial charge in [0.05, 0.1) is 31.4 Å². The fourth-order valence-corrected chi connectivity index (χ4v) is 5.25. The largest absolute Gasteiger partial charge is 0.480 e. The zero-order valence-corrected chi connectivity index (χ0v) is 21.7. The average molecular weight is 566 g/mol. The summed E-state index contributed by atoms with van der Waals surface area (Å²) in [6, 6.07) is -1.29. The third-order valence-electron chi connectivity index (χ3n) is 6.44. The Morgan fingerprint density at radius 3 is 2.89 bits per heavy atom. The van der Waals surface area contributed by atoms with Crippen molar-refractivity contribution in [3.8, 4) is 0 Å². The van der Waals surface area contributed by atoms with E-state index in [1.807, 2.05) is 7.05 Å². The lowest BCUT2D eigenvalue weighted by molar-refractivity contribution is -0.149. The van der Waals surface area contributed by atoms with E-state index in [9.17, 15) is 19.1 Å². The Labute approximate surface area is 216 Å². The first kappa shape index (κ1) is 26.2. The third-order valence-corrected chi connectivity index (χ3v) is 7.26. The Kier molecular flexibility index (Phi) is 8.37. The maximum Gasteiger partial charge on any atom is 0.335 e. The van der Waals surface area contributed by atoms with Crippen LogP contribution in [0, 0.1) is 5.92 Å². The van der Waals surface area contributed by atoms with Crippen LogP contribution in [0.3, 0.4) is 0 Å². The lowest BCUT2D eigenvalue weighted by Crippen LogP contribution is -2.51. The highest BCUT2D eigenvalue weighted by Crippen LogP contribution is 2.36. The van der Waals surface area contributed by atoms with Crippen molar-refractivity contribution < 1.29 is 28.6 Å². The zero-order valence-electron chi connectivity index (χ0n) is 20.1. The van der Waals surface area contributed by atoms with Gasteiger partial charge in [-0.15, -0.1) is 0 Å². The van der Waals surface area contributed by atoms with Gasteiger partial charge in [-0.2, -0.15) is 0 Å². The molecule has 2 aliphatic heterocycles. The minimum atomic E-state index is -0.998. The molecular weight excluding hydrogens is 537 g/mol. The summed E-state index contributed by atoms with van der Waals surface area (Å²) in [6.07, 6.45) is 6.98. The molecule has 0 saturated carbocycles. The number of hydrogen-bond donors (Lipinski definition) is 2. The number of carbonyl (C=O) groups excluding carboxylic acids is 1. The smallest absolute Gasteiger partial charge is 0.335 e. The SMILES string of the molecule is CCOC(=O)C1=C(CN2CCOCC2C(=O)O)NC(c2nccn2C)=NC(C2CC=C(F)C=C2Br)C1. The molecule has 0 radical (unpaired) electrons. The Morgan fingerprint density at radius 1 is 1.42 bits per heavy atom. The number of aromatic nitrogens is 2. The van der Waals surface area contributed by atoms with Crippen LogP contribution in [0.15, 0.2) is 51.1 Å². The monoisotopic (exact) mass is 565 g/mol. The number of carbonyl (C=O) groups is 2. The molecule has 1 aliphatic carbocycles. The number of aryl methyl sites for hydroxylation is 1. The van der Waals surface area contributed by atoms with Crippen molar-refractivity contribution in [1.29, 1.82) is 0 Å². The van der Waals surface area contributed by atoms with Crippen LogP contribution in [0.4, 0.5) is 4.39 Å². The molecule has 3 atom stereocenters. The molecule has 194 valence electrons. The maximum atomic E-state index is 13.9. The van der Waals surface area contributed by atoms with Crippen molar-refractivity contribution in [3.05, 3.63) is 51.9 Å². The number of imidazole rings is 1. The molecule has 0 bridgehead atoms. The third kappa shape index (κ3) is 5.76. The number of halogens is 2. The molecule has 1 saturated heterocycles. The van der Waals surface area contributed by atoms with Gasteiger partial charge in [0, 0.05) is 55.0 Å². The molecule has 3 aliphatic rings. The number of nitrogens with zero attached hydrogens (tertiary/aromatic N) is 4. The molecular formula is C24H29BrFN5O5. The standard InChI is InChI=1S/C24H29BrFN5O5/c1-3-36-24(34)16-11-18(15-5-4-14(26)10-17(15)25)28-21(22-27-6-7-30(22)2)29-19(16)12-31-8-9-35-13-20(31)23(32)33/h4,6-7,10,15,18,20H,3,5,8-9,11-13H2,1-2H3,(H,28,29)(H,32,33). The van der Waals surface area contributed by atoms with Crippen molar-refractivity contribution in [2.75, 3.05) is 32.9 Å². The van der Waals surface area contributed by atoms with Gasteiger partial charge >= 0.3 is 11.9 Å². The number of allylic oxidation sites excluding steroid dienone is 3. The molecule has 12 heteroatoms. The van der Waals surface area contributed by atoms with Gasteiger partial charge in [0.25, 0.3) is 0 Å². The highest BCUT2D eigenvalue weighted by atomic mass is 79.9. The fraction of sp³-hybridized carbons (Fsp3) is 0.500. The summed E-state index contributed by atoms with van der Waals surface area (Å²) in [5.74, 6) is -1.04. The number of aliphatic imine (C=N–C) groups is 1. The van der Waals surface area contributed by atoms with E-state index in [0.29, 0.717) is 47.0 Å². The summed E-state index contributed by atoms with van der Waals surface area (Å²) in [7, 11) is 1.83. The maximum absolute atomic E-state index is 13.9. The van der Waals surface area contributed by atoms with Crippen LogP contribution in [0.5, 0.6) is 0 Å². The van der Waals surface area contributed by atoms with Crippen LogP contribution in [-0.2, 0) is 26.1 Å². The summed E-state index contributed by atoms with van der Waals surface area (Å²) in [4.78, 5) is 36.2. The number of carboxylic acid groups (broad SMARTS) is 1. The van der Waals surface area contributed by atoms with E-state index in [2.05, 4.69) is 26.2 Å². The highest BCUT2D eigenvalue weighted by Gasteiger charge is 2.36. The number of esters is 1. The van der Waals surface area contributed by atoms with E-state index in [1.54, 1.807) is 28.8 Å². The lowest BCUT2D eigenvalue weighted by atomic mass is 9.88. The van der Waals surface area contributed by atoms with Crippen LogP contribution in [0.2, 0.25) is 0 Å². The molecule has 0 aromatic carbocycles. The zero-order chi connectivity index (χ0) is 25.8. The Bertz CT molecular complexity index is 1140. The van der Waals surface area contributed by atoms with E-state index in [-0.39, 0.29) is 37.9 Å². The van der Waals surface area contributed by atoms with Crippen molar-refractivity contribution in [2.45, 2.75) is 31.8 Å². The van der Waals surface area contributed by atoms with Gasteiger partial charge in [-0.1, -0.05) is 15.9 Å². The van der Waals surface area contributed by atoms with Crippen molar-refractivity contribution in [1.82, 2.24) is 19.8 Å². The number of carboxylic acids is 1. The molecule has 4 rings (SSSR count). The van der Waals surface area contributed by atoms with Gasteiger partial charge in [-0.25, -0.2) is 14.2 Å². The molecule has 10 nitrogen and oxygen atoms in total. The summed E-state index contributed by atoms with van der Waals surface area (Å²) >= 11 is 3.50. The van der Waals surface area contributed by atoms with E-state index in [0.717, 1.165) is 0 Å². The molecule has 3 unspecified atom stereocenters. The van der Waals surface area contributed by atoms with Gasteiger partial charge in [0.15, 0.2) is 11.7 Å². The normalized spacial score (nSPS) is 25.3. The fourth-order valence-electron chi connectivity index (χ4n) is 4.54. The second kappa shape index (κ2) is 11.5. The molecule has 1 aromatic rings. The van der Waals surface area contributed by atoms with E-state index >= 15 is 0 Å². The minimum absolute atomic E-state index is 0.0536. The van der Waals surface area contributed by atoms with Crippen LogP contribution in [-0.4, -0.2) is 82.3 Å². The topological polar surface area (TPSA) is 118 Å². The van der Waals surface area contributed by atoms with Gasteiger partial charge in [-0.05, 0) is 25.5 Å². The average Bonchev–Trinajstić information content (AvgIpc) is 3.17. The van der Waals surface area contributed by atoms with Crippen LogP contribution in [0.25, 0.3) is 0 Å². The number of amidine groups is 1. The molecule has 0 amide bonds. The van der Waals surface area contributed by atoms with Gasteiger partial charge in [-0.3, -0.25) is 14.7 Å². The molecule has 1 aromatic heterocycles. The summed E-state index contributed by atoms with van der Waals surface area (Å²) in [5.41, 5.74) is 0.879. The second-order valence-corrected chi connectivity index (χ2v) is 9.69. The van der Waals surface area contributed by atoms with Gasteiger partial charge in [0.1, 0.15) is 11.9 Å². The quantitative estimate of drug-likeness (QED) is 0.483. The molecule has 0 spiro atoms. The van der Waals surface area contributed by atoms with Gasteiger partial charge < -0.3 is 24.5 Å². The first-order valence-corrected chi connectivity index (χ1v) is 12.6. The van der Waals surface area contributed by atoms with E-state index in [1.165, 1.54) is 12.2 Å². The number of aliphatic carboxylic acids is 1. The number of morpholine rings is 1. The van der Waals surface area contributed by atoms with Crippen LogP contribution in [0.1, 0.15) is 25.6 Å². The first-order chi connectivity index (χ1) is 17.3. The minimum Gasteiger partial charge on any atom is -0.480 e. The lowest BCUT2D eigenvalue weighted by Gasteiger charge is -2.33. The van der Waals surface area contributed by atoms with Gasteiger partial charge in [0.2, 0.25) is 0 Å². The summed E-state index contributed by atoms with van der Waals surface area (Å²) in [5, 5.41) is 13.0. The van der Waals surface area contributed by atoms with Crippen LogP contribution < -0.4 is 5.32 Å². The summed E-state index contributed by atoms with van der Waals surface area (Å²) < 4.78 is 27.1. The highest BCUT2D eigenvalue weighted by molar-refractivity contribution is 9.11. The van der Waals surface area contributed by atoms with E-state index < -0.39 is 24.0 Å². The number of rotatable bonds is 7. The Balaban J connectivity index is 1.78. The summed E-state index contributed by atoms with van der Waals surface area (Å²) in [6.45, 7) is 2.89. The van der Waals surface area contributed by atoms with Crippen LogP contribution >= 0.6 is 15.9 Å².